The van der Waals surface area contributed by atoms with E-state index in [0.29, 0.717) is 0 Å². The SMILES string of the molecule is Cn1cnnc1CCNCCc1ccccc1. The molecule has 0 bridgehead atoms. The monoisotopic (exact) mass is 230 g/mol. The number of hydrogen-bond donors (Lipinski definition) is 1. The van der Waals surface area contributed by atoms with Gasteiger partial charge in [0, 0.05) is 20.0 Å². The van der Waals surface area contributed by atoms with Crippen molar-refractivity contribution in [3.8, 4) is 0 Å². The smallest absolute Gasteiger partial charge is 0.133 e. The van der Waals surface area contributed by atoms with Crippen molar-refractivity contribution in [1.82, 2.24) is 20.1 Å². The second-order valence-corrected chi connectivity index (χ2v) is 4.09. The number of hydrogen-bond acceptors (Lipinski definition) is 3. The summed E-state index contributed by atoms with van der Waals surface area (Å²) in [6.07, 6.45) is 3.73. The zero-order valence-electron chi connectivity index (χ0n) is 10.1. The molecule has 0 aliphatic heterocycles. The molecule has 0 atom stereocenters. The molecule has 0 radical (unpaired) electrons. The summed E-state index contributed by atoms with van der Waals surface area (Å²) in [5, 5.41) is 11.3. The van der Waals surface area contributed by atoms with E-state index in [4.69, 9.17) is 0 Å². The number of aryl methyl sites for hydroxylation is 1. The highest BCUT2D eigenvalue weighted by molar-refractivity contribution is 5.14. The first-order chi connectivity index (χ1) is 8.36. The zero-order valence-corrected chi connectivity index (χ0v) is 10.1. The normalized spacial score (nSPS) is 10.6. The Morgan fingerprint density at radius 2 is 1.88 bits per heavy atom. The van der Waals surface area contributed by atoms with E-state index >= 15 is 0 Å². The molecule has 0 saturated heterocycles. The lowest BCUT2D eigenvalue weighted by Gasteiger charge is -2.04. The molecule has 0 aliphatic carbocycles. The Hall–Kier alpha value is -1.68. The van der Waals surface area contributed by atoms with E-state index < -0.39 is 0 Å². The molecule has 1 N–H and O–H groups in total. The van der Waals surface area contributed by atoms with Gasteiger partial charge in [0.1, 0.15) is 12.2 Å². The minimum absolute atomic E-state index is 0.922. The molecule has 0 spiro atoms. The second-order valence-electron chi connectivity index (χ2n) is 4.09. The average molecular weight is 230 g/mol. The summed E-state index contributed by atoms with van der Waals surface area (Å²) in [5.74, 6) is 1.03. The summed E-state index contributed by atoms with van der Waals surface area (Å²) in [6, 6.07) is 10.5. The number of nitrogens with zero attached hydrogens (tertiary/aromatic N) is 3. The minimum atomic E-state index is 0.922. The summed E-state index contributed by atoms with van der Waals surface area (Å²) in [6.45, 7) is 1.95. The fourth-order valence-electron chi connectivity index (χ4n) is 1.74. The first-order valence-corrected chi connectivity index (χ1v) is 5.94. The van der Waals surface area contributed by atoms with Crippen LogP contribution in [0.1, 0.15) is 11.4 Å². The number of nitrogens with one attached hydrogen (secondary N) is 1. The average Bonchev–Trinajstić information content (AvgIpc) is 2.76. The lowest BCUT2D eigenvalue weighted by molar-refractivity contribution is 0.652. The van der Waals surface area contributed by atoms with E-state index in [1.807, 2.05) is 17.7 Å². The van der Waals surface area contributed by atoms with Crippen molar-refractivity contribution in [2.24, 2.45) is 7.05 Å². The second kappa shape index (κ2) is 6.15. The van der Waals surface area contributed by atoms with Gasteiger partial charge in [-0.05, 0) is 18.5 Å². The summed E-state index contributed by atoms with van der Waals surface area (Å²) >= 11 is 0. The van der Waals surface area contributed by atoms with Crippen LogP contribution in [0.15, 0.2) is 36.7 Å². The maximum Gasteiger partial charge on any atom is 0.133 e. The van der Waals surface area contributed by atoms with E-state index in [0.717, 1.165) is 31.8 Å². The van der Waals surface area contributed by atoms with Crippen LogP contribution in [0.5, 0.6) is 0 Å². The molecule has 0 fully saturated rings. The van der Waals surface area contributed by atoms with Gasteiger partial charge in [0.25, 0.3) is 0 Å². The van der Waals surface area contributed by atoms with E-state index in [9.17, 15) is 0 Å². The van der Waals surface area contributed by atoms with Gasteiger partial charge in [-0.1, -0.05) is 30.3 Å². The van der Waals surface area contributed by atoms with E-state index in [1.54, 1.807) is 6.33 Å². The van der Waals surface area contributed by atoms with Gasteiger partial charge in [-0.25, -0.2) is 0 Å². The first-order valence-electron chi connectivity index (χ1n) is 5.94. The Labute approximate surface area is 102 Å². The lowest BCUT2D eigenvalue weighted by atomic mass is 10.1. The Balaban J connectivity index is 1.63. The standard InChI is InChI=1S/C13H18N4/c1-17-11-15-16-13(17)8-10-14-9-7-12-5-3-2-4-6-12/h2-6,11,14H,7-10H2,1H3. The van der Waals surface area contributed by atoms with Gasteiger partial charge in [-0.2, -0.15) is 0 Å². The van der Waals surface area contributed by atoms with Gasteiger partial charge in [0.05, 0.1) is 0 Å². The van der Waals surface area contributed by atoms with Crippen LogP contribution < -0.4 is 5.32 Å². The van der Waals surface area contributed by atoms with Gasteiger partial charge >= 0.3 is 0 Å². The van der Waals surface area contributed by atoms with Gasteiger partial charge in [-0.15, -0.1) is 10.2 Å². The highest BCUT2D eigenvalue weighted by Crippen LogP contribution is 1.98. The van der Waals surface area contributed by atoms with Crippen molar-refractivity contribution in [2.75, 3.05) is 13.1 Å². The van der Waals surface area contributed by atoms with Crippen LogP contribution in [0, 0.1) is 0 Å². The van der Waals surface area contributed by atoms with Crippen LogP contribution in [-0.4, -0.2) is 27.9 Å². The van der Waals surface area contributed by atoms with E-state index in [2.05, 4.69) is 39.8 Å². The molecule has 17 heavy (non-hydrogen) atoms. The van der Waals surface area contributed by atoms with Gasteiger partial charge in [0.2, 0.25) is 0 Å². The predicted octanol–water partition coefficient (Wildman–Crippen LogP) is 1.19. The molecular weight excluding hydrogens is 212 g/mol. The maximum absolute atomic E-state index is 4.04. The van der Waals surface area contributed by atoms with Crippen molar-refractivity contribution < 1.29 is 0 Å². The van der Waals surface area contributed by atoms with Crippen LogP contribution in [0.3, 0.4) is 0 Å². The maximum atomic E-state index is 4.04. The largest absolute Gasteiger partial charge is 0.321 e. The van der Waals surface area contributed by atoms with Crippen LogP contribution in [0.25, 0.3) is 0 Å². The van der Waals surface area contributed by atoms with Crippen LogP contribution in [0.4, 0.5) is 0 Å². The molecule has 2 aromatic rings. The van der Waals surface area contributed by atoms with Crippen molar-refractivity contribution in [3.05, 3.63) is 48.0 Å². The van der Waals surface area contributed by atoms with Crippen molar-refractivity contribution in [1.29, 1.82) is 0 Å². The van der Waals surface area contributed by atoms with Crippen molar-refractivity contribution >= 4 is 0 Å². The summed E-state index contributed by atoms with van der Waals surface area (Å²) < 4.78 is 1.96. The molecular formula is C13H18N4. The molecule has 0 unspecified atom stereocenters. The Bertz CT molecular complexity index is 436. The molecule has 1 aromatic carbocycles. The summed E-state index contributed by atoms with van der Waals surface area (Å²) in [5.41, 5.74) is 1.37. The Morgan fingerprint density at radius 3 is 2.59 bits per heavy atom. The predicted molar refractivity (Wildman–Crippen MR) is 67.7 cm³/mol. The van der Waals surface area contributed by atoms with E-state index in [-0.39, 0.29) is 0 Å². The summed E-state index contributed by atoms with van der Waals surface area (Å²) in [4.78, 5) is 0. The topological polar surface area (TPSA) is 42.7 Å². The van der Waals surface area contributed by atoms with Crippen molar-refractivity contribution in [3.63, 3.8) is 0 Å². The molecule has 0 saturated carbocycles. The number of benzene rings is 1. The Kier molecular flexibility index (Phi) is 4.27. The molecule has 1 aromatic heterocycles. The van der Waals surface area contributed by atoms with Gasteiger partial charge in [-0.3, -0.25) is 0 Å². The van der Waals surface area contributed by atoms with Gasteiger partial charge in [0.15, 0.2) is 0 Å². The van der Waals surface area contributed by atoms with E-state index in [1.165, 1.54) is 5.56 Å². The van der Waals surface area contributed by atoms with Crippen molar-refractivity contribution in [2.45, 2.75) is 12.8 Å². The van der Waals surface area contributed by atoms with Gasteiger partial charge < -0.3 is 9.88 Å². The number of aromatic nitrogens is 3. The fourth-order valence-corrected chi connectivity index (χ4v) is 1.74. The number of rotatable bonds is 6. The lowest BCUT2D eigenvalue weighted by Crippen LogP contribution is -2.21. The quantitative estimate of drug-likeness (QED) is 0.758. The Morgan fingerprint density at radius 1 is 1.12 bits per heavy atom. The third-order valence-corrected chi connectivity index (χ3v) is 2.76. The van der Waals surface area contributed by atoms with Crippen LogP contribution in [0.2, 0.25) is 0 Å². The van der Waals surface area contributed by atoms with Crippen LogP contribution in [-0.2, 0) is 19.9 Å². The molecule has 0 aliphatic rings. The molecule has 4 nitrogen and oxygen atoms in total. The molecule has 2 rings (SSSR count). The molecule has 0 amide bonds. The third-order valence-electron chi connectivity index (χ3n) is 2.76. The zero-order chi connectivity index (χ0) is 11.9. The highest BCUT2D eigenvalue weighted by Gasteiger charge is 1.99. The highest BCUT2D eigenvalue weighted by atomic mass is 15.2. The molecule has 1 heterocycles. The minimum Gasteiger partial charge on any atom is -0.321 e. The molecule has 4 heteroatoms. The summed E-state index contributed by atoms with van der Waals surface area (Å²) in [7, 11) is 1.97. The third kappa shape index (κ3) is 3.67. The van der Waals surface area contributed by atoms with Crippen LogP contribution >= 0.6 is 0 Å². The fraction of sp³-hybridized carbons (Fsp3) is 0.385. The first kappa shape index (κ1) is 11.8. The molecule has 90 valence electrons.